The number of hydrogen-bond donors (Lipinski definition) is 0. The van der Waals surface area contributed by atoms with E-state index in [9.17, 15) is 14.9 Å². The molecule has 0 saturated heterocycles. The Balaban J connectivity index is 2.33. The molecule has 1 aromatic carbocycles. The summed E-state index contributed by atoms with van der Waals surface area (Å²) < 4.78 is 6.92. The Hall–Kier alpha value is -2.70. The van der Waals surface area contributed by atoms with Crippen LogP contribution in [0.4, 0.5) is 5.69 Å². The first kappa shape index (κ1) is 14.7. The Kier molecular flexibility index (Phi) is 3.75. The summed E-state index contributed by atoms with van der Waals surface area (Å²) in [7, 11) is 1.75. The van der Waals surface area contributed by atoms with Gasteiger partial charge in [-0.1, -0.05) is 6.07 Å². The normalized spacial score (nSPS) is 10.5. The molecule has 1 aromatic heterocycles. The van der Waals surface area contributed by atoms with Crippen LogP contribution in [0.3, 0.4) is 0 Å². The van der Waals surface area contributed by atoms with Crippen molar-refractivity contribution in [2.45, 2.75) is 20.8 Å². The fourth-order valence-corrected chi connectivity index (χ4v) is 1.99. The Labute approximate surface area is 121 Å². The molecule has 7 nitrogen and oxygen atoms in total. The second kappa shape index (κ2) is 5.35. The quantitative estimate of drug-likeness (QED) is 0.492. The van der Waals surface area contributed by atoms with Crippen LogP contribution in [0.5, 0.6) is 5.75 Å². The van der Waals surface area contributed by atoms with Crippen molar-refractivity contribution in [2.24, 2.45) is 7.05 Å². The third kappa shape index (κ3) is 2.76. The van der Waals surface area contributed by atoms with E-state index in [1.54, 1.807) is 32.5 Å². The Morgan fingerprint density at radius 1 is 1.33 bits per heavy atom. The molecule has 0 spiro atoms. The molecule has 1 heterocycles. The van der Waals surface area contributed by atoms with Gasteiger partial charge >= 0.3 is 5.97 Å². The minimum atomic E-state index is -0.641. The molecule has 0 atom stereocenters. The molecule has 2 aromatic rings. The van der Waals surface area contributed by atoms with Gasteiger partial charge in [0, 0.05) is 18.7 Å². The molecule has 0 radical (unpaired) electrons. The molecule has 0 aliphatic carbocycles. The third-order valence-electron chi connectivity index (χ3n) is 3.28. The number of nitro benzene ring substituents is 1. The molecule has 0 saturated carbocycles. The van der Waals surface area contributed by atoms with Crippen molar-refractivity contribution in [3.8, 4) is 5.75 Å². The van der Waals surface area contributed by atoms with Gasteiger partial charge in [0.2, 0.25) is 0 Å². The number of carbonyl (C=O) groups is 1. The van der Waals surface area contributed by atoms with Crippen LogP contribution in [0.25, 0.3) is 0 Å². The highest BCUT2D eigenvalue weighted by Crippen LogP contribution is 2.24. The van der Waals surface area contributed by atoms with Gasteiger partial charge in [-0.25, -0.2) is 4.79 Å². The number of ether oxygens (including phenoxy) is 1. The monoisotopic (exact) mass is 289 g/mol. The Morgan fingerprint density at radius 2 is 2.00 bits per heavy atom. The summed E-state index contributed by atoms with van der Waals surface area (Å²) in [6.07, 6.45) is 0. The first-order valence-electron chi connectivity index (χ1n) is 6.28. The van der Waals surface area contributed by atoms with Gasteiger partial charge in [-0.05, 0) is 26.8 Å². The van der Waals surface area contributed by atoms with Crippen LogP contribution < -0.4 is 4.74 Å². The van der Waals surface area contributed by atoms with Crippen molar-refractivity contribution in [1.82, 2.24) is 9.78 Å². The first-order chi connectivity index (χ1) is 9.81. The lowest BCUT2D eigenvalue weighted by molar-refractivity contribution is -0.385. The largest absolute Gasteiger partial charge is 0.419 e. The minimum Gasteiger partial charge on any atom is -0.419 e. The van der Waals surface area contributed by atoms with Crippen molar-refractivity contribution in [1.29, 1.82) is 0 Å². The van der Waals surface area contributed by atoms with Crippen molar-refractivity contribution in [3.05, 3.63) is 50.8 Å². The summed E-state index contributed by atoms with van der Waals surface area (Å²) in [6.45, 7) is 5.12. The van der Waals surface area contributed by atoms with Crippen LogP contribution >= 0.6 is 0 Å². The maximum absolute atomic E-state index is 12.1. The van der Waals surface area contributed by atoms with Crippen LogP contribution in [0, 0.1) is 30.9 Å². The zero-order valence-electron chi connectivity index (χ0n) is 12.2. The average Bonchev–Trinajstić information content (AvgIpc) is 2.65. The van der Waals surface area contributed by atoms with Crippen molar-refractivity contribution in [3.63, 3.8) is 0 Å². The maximum Gasteiger partial charge on any atom is 0.343 e. The van der Waals surface area contributed by atoms with Crippen LogP contribution in [0.15, 0.2) is 18.2 Å². The van der Waals surface area contributed by atoms with E-state index in [1.165, 1.54) is 18.2 Å². The van der Waals surface area contributed by atoms with Gasteiger partial charge in [0.15, 0.2) is 5.75 Å². The van der Waals surface area contributed by atoms with E-state index in [4.69, 9.17) is 4.74 Å². The lowest BCUT2D eigenvalue weighted by Crippen LogP contribution is -2.10. The molecule has 110 valence electrons. The standard InChI is InChI=1S/C14H15N3O4/c1-8-5-6-11(7-12(8)17(19)20)14(18)21-13-9(2)15-16(4)10(13)3/h5-7H,1-4H3. The van der Waals surface area contributed by atoms with Crippen LogP contribution in [0.2, 0.25) is 0 Å². The molecule has 0 bridgehead atoms. The van der Waals surface area contributed by atoms with E-state index in [1.807, 2.05) is 0 Å². The van der Waals surface area contributed by atoms with Gasteiger partial charge in [0.1, 0.15) is 5.69 Å². The number of benzene rings is 1. The van der Waals surface area contributed by atoms with E-state index in [-0.39, 0.29) is 11.3 Å². The summed E-state index contributed by atoms with van der Waals surface area (Å²) in [6, 6.07) is 4.25. The van der Waals surface area contributed by atoms with Gasteiger partial charge < -0.3 is 4.74 Å². The molecular weight excluding hydrogens is 274 g/mol. The molecule has 0 N–H and O–H groups in total. The van der Waals surface area contributed by atoms with Crippen LogP contribution in [-0.2, 0) is 7.05 Å². The maximum atomic E-state index is 12.1. The molecule has 0 unspecified atom stereocenters. The van der Waals surface area contributed by atoms with E-state index in [2.05, 4.69) is 5.10 Å². The smallest absolute Gasteiger partial charge is 0.343 e. The minimum absolute atomic E-state index is 0.107. The number of esters is 1. The number of aromatic nitrogens is 2. The highest BCUT2D eigenvalue weighted by atomic mass is 16.6. The molecule has 0 aliphatic heterocycles. The Bertz CT molecular complexity index is 734. The summed E-state index contributed by atoms with van der Waals surface area (Å²) >= 11 is 0. The molecular formula is C14H15N3O4. The summed E-state index contributed by atoms with van der Waals surface area (Å²) in [5.74, 6) is -0.261. The highest BCUT2D eigenvalue weighted by Gasteiger charge is 2.19. The fraction of sp³-hybridized carbons (Fsp3) is 0.286. The Morgan fingerprint density at radius 3 is 2.52 bits per heavy atom. The number of nitro groups is 1. The second-order valence-corrected chi connectivity index (χ2v) is 4.77. The van der Waals surface area contributed by atoms with Gasteiger partial charge in [-0.2, -0.15) is 5.10 Å². The van der Waals surface area contributed by atoms with Crippen molar-refractivity contribution in [2.75, 3.05) is 0 Å². The third-order valence-corrected chi connectivity index (χ3v) is 3.28. The van der Waals surface area contributed by atoms with Gasteiger partial charge in [-0.3, -0.25) is 14.8 Å². The number of aryl methyl sites for hydroxylation is 3. The molecule has 21 heavy (non-hydrogen) atoms. The molecule has 0 fully saturated rings. The summed E-state index contributed by atoms with van der Waals surface area (Å²) in [5, 5.41) is 15.1. The van der Waals surface area contributed by atoms with Gasteiger partial charge in [0.25, 0.3) is 5.69 Å². The molecule has 7 heteroatoms. The second-order valence-electron chi connectivity index (χ2n) is 4.77. The van der Waals surface area contributed by atoms with E-state index < -0.39 is 10.9 Å². The predicted molar refractivity (Wildman–Crippen MR) is 75.5 cm³/mol. The number of hydrogen-bond acceptors (Lipinski definition) is 5. The highest BCUT2D eigenvalue weighted by molar-refractivity contribution is 5.92. The SMILES string of the molecule is Cc1ccc(C(=O)Oc2c(C)nn(C)c2C)cc1[N+](=O)[O-]. The molecule has 0 aliphatic rings. The van der Waals surface area contributed by atoms with Crippen LogP contribution in [-0.4, -0.2) is 20.7 Å². The van der Waals surface area contributed by atoms with E-state index >= 15 is 0 Å². The van der Waals surface area contributed by atoms with Crippen LogP contribution in [0.1, 0.15) is 27.3 Å². The number of nitrogens with zero attached hydrogens (tertiary/aromatic N) is 3. The zero-order chi connectivity index (χ0) is 15.7. The topological polar surface area (TPSA) is 87.3 Å². The predicted octanol–water partition coefficient (Wildman–Crippen LogP) is 2.47. The molecule has 0 amide bonds. The fourth-order valence-electron chi connectivity index (χ4n) is 1.99. The van der Waals surface area contributed by atoms with Gasteiger partial charge in [-0.15, -0.1) is 0 Å². The van der Waals surface area contributed by atoms with Gasteiger partial charge in [0.05, 0.1) is 16.2 Å². The lowest BCUT2D eigenvalue weighted by atomic mass is 10.1. The summed E-state index contributed by atoms with van der Waals surface area (Å²) in [4.78, 5) is 22.5. The zero-order valence-corrected chi connectivity index (χ0v) is 12.2. The molecule has 2 rings (SSSR count). The van der Waals surface area contributed by atoms with Crippen molar-refractivity contribution >= 4 is 11.7 Å². The average molecular weight is 289 g/mol. The summed E-state index contributed by atoms with van der Waals surface area (Å²) in [5.41, 5.74) is 1.82. The van der Waals surface area contributed by atoms with E-state index in [0.29, 0.717) is 22.7 Å². The van der Waals surface area contributed by atoms with E-state index in [0.717, 1.165) is 0 Å². The van der Waals surface area contributed by atoms with Crippen molar-refractivity contribution < 1.29 is 14.5 Å². The first-order valence-corrected chi connectivity index (χ1v) is 6.28. The number of rotatable bonds is 3. The lowest BCUT2D eigenvalue weighted by Gasteiger charge is -2.05. The number of carbonyl (C=O) groups excluding carboxylic acids is 1.